The normalized spacial score (nSPS) is 10.9. The fourth-order valence-corrected chi connectivity index (χ4v) is 3.47. The van der Waals surface area contributed by atoms with E-state index in [2.05, 4.69) is 0 Å². The van der Waals surface area contributed by atoms with Gasteiger partial charge in [-0.25, -0.2) is 0 Å². The number of carboxylic acid groups (broad SMARTS) is 1. The Hall–Kier alpha value is -4.14. The molecule has 4 rings (SSSR count). The first-order chi connectivity index (χ1) is 14.4. The van der Waals surface area contributed by atoms with E-state index in [0.29, 0.717) is 10.9 Å². The van der Waals surface area contributed by atoms with Crippen molar-refractivity contribution in [2.24, 2.45) is 0 Å². The summed E-state index contributed by atoms with van der Waals surface area (Å²) < 4.78 is 1.19. The maximum absolute atomic E-state index is 13.3. The standard InChI is InChI=1S/C22H17N3O5/c23-20-19(13-5-2-1-3-6-13)17-10-9-16(25(29)30)12-18(17)21(26)24(20)15-8-4-7-14(11-15)22(27)28/h1-12,29-30H,23H2,(H,27,28)/p-1. The Morgan fingerprint density at radius 1 is 0.933 bits per heavy atom. The Balaban J connectivity index is 2.14. The quantitative estimate of drug-likeness (QED) is 0.446. The van der Waals surface area contributed by atoms with E-state index in [1.54, 1.807) is 12.1 Å². The molecule has 1 heterocycles. The molecule has 0 radical (unpaired) electrons. The van der Waals surface area contributed by atoms with E-state index in [9.17, 15) is 25.1 Å². The van der Waals surface area contributed by atoms with Gasteiger partial charge in [0.15, 0.2) is 0 Å². The SMILES string of the molecule is Nc1c(-c2ccccc2)c2ccc(N(O)O)cc2c(=O)n1-c1cccc(C(=O)[O-])c1. The zero-order chi connectivity index (χ0) is 21.4. The number of fused-ring (bicyclic) bond motifs is 1. The van der Waals surface area contributed by atoms with Gasteiger partial charge in [0, 0.05) is 5.56 Å². The summed E-state index contributed by atoms with van der Waals surface area (Å²) in [6, 6.07) is 19.2. The molecule has 8 nitrogen and oxygen atoms in total. The van der Waals surface area contributed by atoms with Crippen LogP contribution in [0.2, 0.25) is 0 Å². The molecular weight excluding hydrogens is 386 g/mol. The zero-order valence-corrected chi connectivity index (χ0v) is 15.5. The minimum absolute atomic E-state index is 0.0154. The monoisotopic (exact) mass is 402 g/mol. The molecule has 3 aromatic carbocycles. The van der Waals surface area contributed by atoms with Gasteiger partial charge in [0.05, 0.1) is 22.7 Å². The van der Waals surface area contributed by atoms with Crippen molar-refractivity contribution in [2.45, 2.75) is 0 Å². The van der Waals surface area contributed by atoms with Gasteiger partial charge < -0.3 is 15.6 Å². The van der Waals surface area contributed by atoms with Crippen LogP contribution in [0.4, 0.5) is 11.5 Å². The number of carbonyl (C=O) groups excluding carboxylic acids is 1. The second kappa shape index (κ2) is 7.36. The lowest BCUT2D eigenvalue weighted by molar-refractivity contribution is -0.255. The van der Waals surface area contributed by atoms with Crippen molar-refractivity contribution in [2.75, 3.05) is 11.0 Å². The number of aromatic nitrogens is 1. The Morgan fingerprint density at radius 2 is 1.67 bits per heavy atom. The lowest BCUT2D eigenvalue weighted by Gasteiger charge is -2.19. The number of benzene rings is 3. The van der Waals surface area contributed by atoms with Gasteiger partial charge in [-0.2, -0.15) is 0 Å². The topological polar surface area (TPSA) is 132 Å². The Bertz CT molecular complexity index is 1330. The largest absolute Gasteiger partial charge is 0.545 e. The molecule has 0 aliphatic carbocycles. The van der Waals surface area contributed by atoms with Gasteiger partial charge in [0.25, 0.3) is 5.56 Å². The van der Waals surface area contributed by atoms with Crippen LogP contribution in [0.1, 0.15) is 10.4 Å². The number of aromatic carboxylic acids is 1. The van der Waals surface area contributed by atoms with E-state index in [0.717, 1.165) is 5.56 Å². The first kappa shape index (κ1) is 19.2. The van der Waals surface area contributed by atoms with Crippen LogP contribution in [0.15, 0.2) is 77.6 Å². The summed E-state index contributed by atoms with van der Waals surface area (Å²) in [6.07, 6.45) is 0. The Labute approximate surface area is 170 Å². The highest BCUT2D eigenvalue weighted by atomic mass is 16.8. The number of nitrogen functional groups attached to an aromatic ring is 1. The molecule has 1 aromatic heterocycles. The molecule has 0 saturated heterocycles. The minimum Gasteiger partial charge on any atom is -0.545 e. The average molecular weight is 402 g/mol. The van der Waals surface area contributed by atoms with Crippen LogP contribution >= 0.6 is 0 Å². The highest BCUT2D eigenvalue weighted by Crippen LogP contribution is 2.34. The molecule has 30 heavy (non-hydrogen) atoms. The van der Waals surface area contributed by atoms with Gasteiger partial charge in [-0.15, -0.1) is 5.23 Å². The van der Waals surface area contributed by atoms with Crippen LogP contribution in [0, 0.1) is 0 Å². The van der Waals surface area contributed by atoms with E-state index < -0.39 is 11.5 Å². The van der Waals surface area contributed by atoms with Crippen molar-refractivity contribution in [1.29, 1.82) is 0 Å². The Morgan fingerprint density at radius 3 is 2.33 bits per heavy atom. The minimum atomic E-state index is -1.38. The first-order valence-corrected chi connectivity index (χ1v) is 8.92. The molecule has 0 amide bonds. The first-order valence-electron chi connectivity index (χ1n) is 8.92. The summed E-state index contributed by atoms with van der Waals surface area (Å²) in [6.45, 7) is 0. The highest BCUT2D eigenvalue weighted by molar-refractivity contribution is 6.02. The summed E-state index contributed by atoms with van der Waals surface area (Å²) in [5, 5.41) is 30.7. The van der Waals surface area contributed by atoms with E-state index in [-0.39, 0.29) is 33.4 Å². The molecule has 0 aliphatic heterocycles. The van der Waals surface area contributed by atoms with Crippen molar-refractivity contribution in [1.82, 2.24) is 4.57 Å². The van der Waals surface area contributed by atoms with Gasteiger partial charge in [-0.3, -0.25) is 19.8 Å². The van der Waals surface area contributed by atoms with Crippen molar-refractivity contribution in [3.8, 4) is 16.8 Å². The summed E-state index contributed by atoms with van der Waals surface area (Å²) in [7, 11) is 0. The number of anilines is 2. The molecule has 0 fully saturated rings. The molecule has 0 saturated carbocycles. The molecule has 0 atom stereocenters. The van der Waals surface area contributed by atoms with Crippen LogP contribution in [-0.4, -0.2) is 21.0 Å². The number of hydrogen-bond acceptors (Lipinski definition) is 7. The summed E-state index contributed by atoms with van der Waals surface area (Å²) in [5.41, 5.74) is 7.30. The third-order valence-electron chi connectivity index (χ3n) is 4.84. The number of nitrogens with zero attached hydrogens (tertiary/aromatic N) is 2. The van der Waals surface area contributed by atoms with Gasteiger partial charge in [-0.1, -0.05) is 48.5 Å². The number of rotatable bonds is 4. The van der Waals surface area contributed by atoms with E-state index >= 15 is 0 Å². The number of carboxylic acids is 1. The van der Waals surface area contributed by atoms with E-state index in [1.165, 1.54) is 34.9 Å². The van der Waals surface area contributed by atoms with Gasteiger partial charge in [-0.05, 0) is 40.8 Å². The maximum Gasteiger partial charge on any atom is 0.264 e. The summed E-state index contributed by atoms with van der Waals surface area (Å²) >= 11 is 0. The molecule has 4 aromatic rings. The van der Waals surface area contributed by atoms with Crippen LogP contribution in [-0.2, 0) is 0 Å². The van der Waals surface area contributed by atoms with Crippen molar-refractivity contribution in [3.05, 3.63) is 88.7 Å². The number of nitrogens with two attached hydrogens (primary N) is 1. The van der Waals surface area contributed by atoms with Crippen LogP contribution < -0.4 is 21.6 Å². The number of pyridine rings is 1. The van der Waals surface area contributed by atoms with Gasteiger partial charge >= 0.3 is 0 Å². The smallest absolute Gasteiger partial charge is 0.264 e. The molecule has 4 N–H and O–H groups in total. The lowest BCUT2D eigenvalue weighted by Crippen LogP contribution is -2.25. The van der Waals surface area contributed by atoms with Crippen LogP contribution in [0.25, 0.3) is 27.6 Å². The maximum atomic E-state index is 13.3. The predicted octanol–water partition coefficient (Wildman–Crippen LogP) is 2.19. The number of hydrogen-bond donors (Lipinski definition) is 3. The zero-order valence-electron chi connectivity index (χ0n) is 15.5. The third-order valence-corrected chi connectivity index (χ3v) is 4.84. The third kappa shape index (κ3) is 3.16. The lowest BCUT2D eigenvalue weighted by atomic mass is 9.98. The van der Waals surface area contributed by atoms with Gasteiger partial charge in [0.2, 0.25) is 0 Å². The molecule has 0 aliphatic rings. The van der Waals surface area contributed by atoms with Crippen molar-refractivity contribution < 1.29 is 20.3 Å². The highest BCUT2D eigenvalue weighted by Gasteiger charge is 2.18. The van der Waals surface area contributed by atoms with Crippen LogP contribution in [0.5, 0.6) is 0 Å². The molecule has 8 heteroatoms. The summed E-state index contributed by atoms with van der Waals surface area (Å²) in [4.78, 5) is 24.6. The molecule has 0 unspecified atom stereocenters. The molecule has 0 bridgehead atoms. The van der Waals surface area contributed by atoms with E-state index in [4.69, 9.17) is 5.73 Å². The van der Waals surface area contributed by atoms with Crippen molar-refractivity contribution in [3.63, 3.8) is 0 Å². The molecular formula is C22H16N3O5-. The fourth-order valence-electron chi connectivity index (χ4n) is 3.47. The average Bonchev–Trinajstić information content (AvgIpc) is 2.74. The van der Waals surface area contributed by atoms with Crippen LogP contribution in [0.3, 0.4) is 0 Å². The molecule has 150 valence electrons. The number of carbonyl (C=O) groups is 1. The van der Waals surface area contributed by atoms with E-state index in [1.807, 2.05) is 30.3 Å². The second-order valence-electron chi connectivity index (χ2n) is 6.62. The van der Waals surface area contributed by atoms with Crippen molar-refractivity contribution >= 4 is 28.2 Å². The fraction of sp³-hybridized carbons (Fsp3) is 0. The second-order valence-corrected chi connectivity index (χ2v) is 6.62. The predicted molar refractivity (Wildman–Crippen MR) is 110 cm³/mol. The molecule has 0 spiro atoms. The Kier molecular flexibility index (Phi) is 4.71. The van der Waals surface area contributed by atoms with Gasteiger partial charge in [0.1, 0.15) is 5.82 Å². The summed E-state index contributed by atoms with van der Waals surface area (Å²) in [5.74, 6) is -1.27.